The summed E-state index contributed by atoms with van der Waals surface area (Å²) in [5.41, 5.74) is 1.64. The Kier molecular flexibility index (Phi) is 3.92. The maximum atomic E-state index is 13.6. The number of hydrogen-bond donors (Lipinski definition) is 1. The molecule has 0 saturated carbocycles. The van der Waals surface area contributed by atoms with Gasteiger partial charge in [-0.05, 0) is 23.8 Å². The molecule has 20 heavy (non-hydrogen) atoms. The Bertz CT molecular complexity index is 610. The van der Waals surface area contributed by atoms with Gasteiger partial charge in [0.15, 0.2) is 0 Å². The number of ether oxygens (including phenoxy) is 1. The summed E-state index contributed by atoms with van der Waals surface area (Å²) >= 11 is 1.69. The summed E-state index contributed by atoms with van der Waals surface area (Å²) in [6.07, 6.45) is 1.73. The molecular formula is C15H16FNO2S. The lowest BCUT2D eigenvalue weighted by atomic mass is 9.90. The van der Waals surface area contributed by atoms with E-state index in [0.29, 0.717) is 19.0 Å². The van der Waals surface area contributed by atoms with Crippen molar-refractivity contribution in [3.05, 3.63) is 41.8 Å². The fraction of sp³-hybridized carbons (Fsp3) is 0.400. The van der Waals surface area contributed by atoms with Gasteiger partial charge >= 0.3 is 0 Å². The minimum Gasteiger partial charge on any atom is -0.396 e. The van der Waals surface area contributed by atoms with Crippen LogP contribution >= 0.6 is 11.8 Å². The molecule has 106 valence electrons. The zero-order chi connectivity index (χ0) is 14.0. The van der Waals surface area contributed by atoms with E-state index in [9.17, 15) is 9.50 Å². The zero-order valence-electron chi connectivity index (χ0n) is 11.0. The van der Waals surface area contributed by atoms with Crippen molar-refractivity contribution in [2.24, 2.45) is 5.41 Å². The highest BCUT2D eigenvalue weighted by molar-refractivity contribution is 7.98. The van der Waals surface area contributed by atoms with Gasteiger partial charge in [0, 0.05) is 28.5 Å². The van der Waals surface area contributed by atoms with Crippen LogP contribution < -0.4 is 0 Å². The Balaban J connectivity index is 1.74. The third-order valence-electron chi connectivity index (χ3n) is 3.57. The summed E-state index contributed by atoms with van der Waals surface area (Å²) in [7, 11) is 0. The van der Waals surface area contributed by atoms with E-state index in [-0.39, 0.29) is 17.8 Å². The van der Waals surface area contributed by atoms with Crippen LogP contribution in [0.1, 0.15) is 5.56 Å². The first kappa shape index (κ1) is 13.8. The van der Waals surface area contributed by atoms with Crippen LogP contribution in [0.4, 0.5) is 4.39 Å². The summed E-state index contributed by atoms with van der Waals surface area (Å²) in [5, 5.41) is 10.2. The van der Waals surface area contributed by atoms with Crippen molar-refractivity contribution in [3.63, 3.8) is 0 Å². The topological polar surface area (TPSA) is 42.4 Å². The second-order valence-electron chi connectivity index (χ2n) is 5.28. The number of halogens is 1. The number of nitrogens with zero attached hydrogens (tertiary/aromatic N) is 1. The molecule has 1 fully saturated rings. The summed E-state index contributed by atoms with van der Waals surface area (Å²) in [5.74, 6) is 1.27. The van der Waals surface area contributed by atoms with Crippen LogP contribution in [0.5, 0.6) is 0 Å². The van der Waals surface area contributed by atoms with E-state index in [4.69, 9.17) is 4.74 Å². The van der Waals surface area contributed by atoms with Crippen LogP contribution in [0.15, 0.2) is 30.5 Å². The maximum Gasteiger partial charge on any atom is 0.124 e. The Hall–Kier alpha value is -1.17. The van der Waals surface area contributed by atoms with Crippen molar-refractivity contribution < 1.29 is 14.2 Å². The van der Waals surface area contributed by atoms with Crippen LogP contribution in [0.25, 0.3) is 10.9 Å². The maximum absolute atomic E-state index is 13.6. The molecular weight excluding hydrogens is 277 g/mol. The molecule has 0 amide bonds. The van der Waals surface area contributed by atoms with Crippen molar-refractivity contribution in [2.45, 2.75) is 5.75 Å². The number of pyridine rings is 1. The van der Waals surface area contributed by atoms with Gasteiger partial charge in [0.1, 0.15) is 5.82 Å². The van der Waals surface area contributed by atoms with Crippen molar-refractivity contribution in [2.75, 3.05) is 25.6 Å². The van der Waals surface area contributed by atoms with E-state index in [1.165, 1.54) is 6.07 Å². The first-order valence-corrected chi connectivity index (χ1v) is 7.67. The van der Waals surface area contributed by atoms with Crippen LogP contribution in [-0.2, 0) is 10.5 Å². The summed E-state index contributed by atoms with van der Waals surface area (Å²) in [6.45, 7) is 1.36. The second-order valence-corrected chi connectivity index (χ2v) is 6.27. The average molecular weight is 293 g/mol. The van der Waals surface area contributed by atoms with Gasteiger partial charge in [-0.15, -0.1) is 0 Å². The number of aromatic nitrogens is 1. The molecule has 0 bridgehead atoms. The number of aliphatic hydroxyl groups is 1. The molecule has 1 aromatic heterocycles. The first-order valence-electron chi connectivity index (χ1n) is 6.52. The molecule has 3 rings (SSSR count). The fourth-order valence-electron chi connectivity index (χ4n) is 2.33. The van der Waals surface area contributed by atoms with Crippen molar-refractivity contribution in [1.29, 1.82) is 0 Å². The first-order chi connectivity index (χ1) is 9.72. The zero-order valence-corrected chi connectivity index (χ0v) is 11.8. The Morgan fingerprint density at radius 1 is 1.40 bits per heavy atom. The quantitative estimate of drug-likeness (QED) is 0.920. The molecule has 1 aliphatic rings. The predicted octanol–water partition coefficient (Wildman–Crippen LogP) is 2.62. The molecule has 0 atom stereocenters. The van der Waals surface area contributed by atoms with Crippen molar-refractivity contribution in [3.8, 4) is 0 Å². The van der Waals surface area contributed by atoms with E-state index in [1.807, 2.05) is 12.1 Å². The van der Waals surface area contributed by atoms with Gasteiger partial charge in [-0.1, -0.05) is 6.07 Å². The number of aliphatic hydroxyl groups excluding tert-OH is 1. The fourth-order valence-corrected chi connectivity index (χ4v) is 3.56. The van der Waals surface area contributed by atoms with Crippen LogP contribution in [0, 0.1) is 11.2 Å². The molecule has 0 spiro atoms. The number of fused-ring (bicyclic) bond motifs is 1. The lowest BCUT2D eigenvalue weighted by Gasteiger charge is -2.39. The average Bonchev–Trinajstić information content (AvgIpc) is 2.41. The minimum atomic E-state index is -0.232. The predicted molar refractivity (Wildman–Crippen MR) is 78.2 cm³/mol. The third-order valence-corrected chi connectivity index (χ3v) is 4.90. The van der Waals surface area contributed by atoms with Crippen LogP contribution in [0.2, 0.25) is 0 Å². The largest absolute Gasteiger partial charge is 0.396 e. The van der Waals surface area contributed by atoms with Gasteiger partial charge < -0.3 is 9.84 Å². The number of hydrogen-bond acceptors (Lipinski definition) is 4. The van der Waals surface area contributed by atoms with Gasteiger partial charge in [0.05, 0.1) is 25.3 Å². The lowest BCUT2D eigenvalue weighted by Crippen LogP contribution is -2.47. The molecule has 2 heterocycles. The van der Waals surface area contributed by atoms with Gasteiger partial charge in [-0.25, -0.2) is 4.39 Å². The monoisotopic (exact) mass is 293 g/mol. The van der Waals surface area contributed by atoms with Crippen molar-refractivity contribution in [1.82, 2.24) is 4.98 Å². The van der Waals surface area contributed by atoms with Gasteiger partial charge in [-0.3, -0.25) is 4.98 Å². The molecule has 0 aliphatic carbocycles. The van der Waals surface area contributed by atoms with E-state index in [0.717, 1.165) is 22.2 Å². The highest BCUT2D eigenvalue weighted by Gasteiger charge is 2.37. The van der Waals surface area contributed by atoms with E-state index < -0.39 is 0 Å². The molecule has 1 saturated heterocycles. The molecule has 1 aliphatic heterocycles. The molecule has 1 aromatic carbocycles. The Labute approximate surface area is 121 Å². The summed E-state index contributed by atoms with van der Waals surface area (Å²) < 4.78 is 18.8. The summed E-state index contributed by atoms with van der Waals surface area (Å²) in [4.78, 5) is 4.34. The molecule has 0 radical (unpaired) electrons. The van der Waals surface area contributed by atoms with Crippen molar-refractivity contribution >= 4 is 22.7 Å². The number of thioether (sulfide) groups is 1. The smallest absolute Gasteiger partial charge is 0.124 e. The van der Waals surface area contributed by atoms with Gasteiger partial charge in [0.25, 0.3) is 0 Å². The standard InChI is InChI=1S/C15H16FNO2S/c16-13-4-11-2-1-3-17-14(11)12(5-13)6-20-10-15(7-18)8-19-9-15/h1-5,18H,6-10H2. The van der Waals surface area contributed by atoms with E-state index in [2.05, 4.69) is 4.98 Å². The molecule has 3 nitrogen and oxygen atoms in total. The molecule has 1 N–H and O–H groups in total. The highest BCUT2D eigenvalue weighted by atomic mass is 32.2. The van der Waals surface area contributed by atoms with Crippen LogP contribution in [-0.4, -0.2) is 35.7 Å². The van der Waals surface area contributed by atoms with Gasteiger partial charge in [0.2, 0.25) is 0 Å². The lowest BCUT2D eigenvalue weighted by molar-refractivity contribution is -0.121. The molecule has 5 heteroatoms. The number of benzene rings is 1. The van der Waals surface area contributed by atoms with E-state index >= 15 is 0 Å². The molecule has 2 aromatic rings. The third kappa shape index (κ3) is 2.66. The Morgan fingerprint density at radius 3 is 2.95 bits per heavy atom. The summed E-state index contributed by atoms with van der Waals surface area (Å²) in [6, 6.07) is 6.73. The SMILES string of the molecule is OCC1(CSCc2cc(F)cc3cccnc23)COC1. The molecule has 0 unspecified atom stereocenters. The Morgan fingerprint density at radius 2 is 2.25 bits per heavy atom. The minimum absolute atomic E-state index is 0.110. The number of rotatable bonds is 5. The van der Waals surface area contributed by atoms with Gasteiger partial charge in [-0.2, -0.15) is 11.8 Å². The second kappa shape index (κ2) is 5.68. The highest BCUT2D eigenvalue weighted by Crippen LogP contribution is 2.33. The van der Waals surface area contributed by atoms with E-state index in [1.54, 1.807) is 24.0 Å². The van der Waals surface area contributed by atoms with Crippen LogP contribution in [0.3, 0.4) is 0 Å². The normalized spacial score (nSPS) is 17.1.